The predicted molar refractivity (Wildman–Crippen MR) is 81.2 cm³/mol. The third kappa shape index (κ3) is 3.62. The maximum absolute atomic E-state index is 12.1. The van der Waals surface area contributed by atoms with Crippen LogP contribution in [0.3, 0.4) is 0 Å². The second-order valence-electron chi connectivity index (χ2n) is 4.46. The van der Waals surface area contributed by atoms with Gasteiger partial charge in [0.25, 0.3) is 5.91 Å². The molecule has 21 heavy (non-hydrogen) atoms. The van der Waals surface area contributed by atoms with E-state index in [1.54, 1.807) is 49.4 Å². The highest BCUT2D eigenvalue weighted by atomic mass is 16.3. The molecule has 0 radical (unpaired) electrons. The molecule has 0 saturated carbocycles. The van der Waals surface area contributed by atoms with E-state index >= 15 is 0 Å². The Bertz CT molecular complexity index is 709. The molecule has 0 atom stereocenters. The maximum Gasteiger partial charge on any atom is 0.259 e. The number of carbonyl (C=O) groups excluding carboxylic acids is 1. The molecule has 2 rings (SSSR count). The lowest BCUT2D eigenvalue weighted by Crippen LogP contribution is -2.12. The Labute approximate surface area is 123 Å². The molecular weight excluding hydrogens is 266 g/mol. The summed E-state index contributed by atoms with van der Waals surface area (Å²) in [4.78, 5) is 12.1. The van der Waals surface area contributed by atoms with Crippen LogP contribution in [0, 0.1) is 18.8 Å². The van der Waals surface area contributed by atoms with Gasteiger partial charge in [0.05, 0.1) is 5.56 Å². The minimum Gasteiger partial charge on any atom is -0.507 e. The number of benzene rings is 2. The van der Waals surface area contributed by atoms with Crippen LogP contribution in [0.2, 0.25) is 0 Å². The number of nitrogens with one attached hydrogen (secondary N) is 1. The Hall–Kier alpha value is -2.77. The molecule has 0 aliphatic rings. The molecule has 4 heteroatoms. The van der Waals surface area contributed by atoms with Gasteiger partial charge in [-0.1, -0.05) is 24.0 Å². The number of amides is 1. The van der Waals surface area contributed by atoms with E-state index in [0.29, 0.717) is 11.3 Å². The van der Waals surface area contributed by atoms with Gasteiger partial charge in [0.2, 0.25) is 0 Å². The van der Waals surface area contributed by atoms with E-state index in [1.807, 2.05) is 0 Å². The van der Waals surface area contributed by atoms with Gasteiger partial charge in [-0.3, -0.25) is 4.79 Å². The quantitative estimate of drug-likeness (QED) is 0.740. The van der Waals surface area contributed by atoms with Gasteiger partial charge in [-0.05, 0) is 42.8 Å². The molecule has 3 N–H and O–H groups in total. The SMILES string of the molecule is Cc1cccc(C(=O)Nc2ccc(C#CCO)cc2)c1O. The summed E-state index contributed by atoms with van der Waals surface area (Å²) in [5, 5.41) is 21.2. The highest BCUT2D eigenvalue weighted by molar-refractivity contribution is 6.06. The fraction of sp³-hybridized carbons (Fsp3) is 0.118. The van der Waals surface area contributed by atoms with Gasteiger partial charge in [-0.2, -0.15) is 0 Å². The van der Waals surface area contributed by atoms with Crippen molar-refractivity contribution in [2.45, 2.75) is 6.92 Å². The van der Waals surface area contributed by atoms with Gasteiger partial charge in [-0.15, -0.1) is 0 Å². The van der Waals surface area contributed by atoms with Crippen LogP contribution in [0.1, 0.15) is 21.5 Å². The summed E-state index contributed by atoms with van der Waals surface area (Å²) in [6, 6.07) is 11.9. The lowest BCUT2D eigenvalue weighted by Gasteiger charge is -2.08. The van der Waals surface area contributed by atoms with E-state index in [9.17, 15) is 9.90 Å². The number of aliphatic hydroxyl groups excluding tert-OH is 1. The molecule has 1 amide bonds. The summed E-state index contributed by atoms with van der Waals surface area (Å²) in [6.07, 6.45) is 0. The molecule has 0 unspecified atom stereocenters. The van der Waals surface area contributed by atoms with Crippen LogP contribution in [-0.2, 0) is 0 Å². The summed E-state index contributed by atoms with van der Waals surface area (Å²) < 4.78 is 0. The first-order chi connectivity index (χ1) is 10.1. The molecule has 0 heterocycles. The van der Waals surface area contributed by atoms with Gasteiger partial charge in [0.1, 0.15) is 12.4 Å². The number of para-hydroxylation sites is 1. The van der Waals surface area contributed by atoms with Gasteiger partial charge in [0, 0.05) is 11.3 Å². The molecule has 106 valence electrons. The van der Waals surface area contributed by atoms with Crippen molar-refractivity contribution in [3.63, 3.8) is 0 Å². The van der Waals surface area contributed by atoms with Crippen LogP contribution in [0.5, 0.6) is 5.75 Å². The molecule has 0 bridgehead atoms. The zero-order valence-electron chi connectivity index (χ0n) is 11.6. The number of aryl methyl sites for hydroxylation is 1. The average molecular weight is 281 g/mol. The smallest absolute Gasteiger partial charge is 0.259 e. The van der Waals surface area contributed by atoms with Crippen molar-refractivity contribution in [1.82, 2.24) is 0 Å². The minimum absolute atomic E-state index is 0.0135. The third-order valence-electron chi connectivity index (χ3n) is 2.94. The number of aromatic hydroxyl groups is 1. The van der Waals surface area contributed by atoms with E-state index in [1.165, 1.54) is 0 Å². The number of rotatable bonds is 2. The average Bonchev–Trinajstić information content (AvgIpc) is 2.49. The number of aliphatic hydroxyl groups is 1. The van der Waals surface area contributed by atoms with Gasteiger partial charge in [0.15, 0.2) is 0 Å². The molecule has 0 aliphatic carbocycles. The lowest BCUT2D eigenvalue weighted by atomic mass is 10.1. The normalized spacial score (nSPS) is 9.62. The van der Waals surface area contributed by atoms with Crippen molar-refractivity contribution in [2.24, 2.45) is 0 Å². The Morgan fingerprint density at radius 2 is 1.90 bits per heavy atom. The fourth-order valence-electron chi connectivity index (χ4n) is 1.82. The number of hydrogen-bond donors (Lipinski definition) is 3. The summed E-state index contributed by atoms with van der Waals surface area (Å²) in [5.74, 6) is 4.94. The summed E-state index contributed by atoms with van der Waals surface area (Å²) in [7, 11) is 0. The first-order valence-electron chi connectivity index (χ1n) is 6.41. The number of phenols is 1. The van der Waals surface area contributed by atoms with Gasteiger partial charge < -0.3 is 15.5 Å². The monoisotopic (exact) mass is 281 g/mol. The second-order valence-corrected chi connectivity index (χ2v) is 4.46. The van der Waals surface area contributed by atoms with Crippen LogP contribution >= 0.6 is 0 Å². The van der Waals surface area contributed by atoms with Crippen LogP contribution in [0.4, 0.5) is 5.69 Å². The summed E-state index contributed by atoms with van der Waals surface area (Å²) in [6.45, 7) is 1.55. The first-order valence-corrected chi connectivity index (χ1v) is 6.41. The Morgan fingerprint density at radius 3 is 2.57 bits per heavy atom. The lowest BCUT2D eigenvalue weighted by molar-refractivity contribution is 0.102. The van der Waals surface area contributed by atoms with Crippen molar-refractivity contribution in [3.8, 4) is 17.6 Å². The van der Waals surface area contributed by atoms with Crippen LogP contribution in [0.25, 0.3) is 0 Å². The van der Waals surface area contributed by atoms with E-state index in [2.05, 4.69) is 17.2 Å². The Morgan fingerprint density at radius 1 is 1.19 bits per heavy atom. The van der Waals surface area contributed by atoms with Gasteiger partial charge >= 0.3 is 0 Å². The molecule has 0 aliphatic heterocycles. The van der Waals surface area contributed by atoms with Crippen LogP contribution < -0.4 is 5.32 Å². The van der Waals surface area contributed by atoms with E-state index in [-0.39, 0.29) is 23.8 Å². The molecule has 2 aromatic carbocycles. The molecule has 0 fully saturated rings. The van der Waals surface area contributed by atoms with Crippen molar-refractivity contribution in [1.29, 1.82) is 0 Å². The predicted octanol–water partition coefficient (Wildman–Crippen LogP) is 2.30. The number of hydrogen-bond acceptors (Lipinski definition) is 3. The minimum atomic E-state index is -0.370. The topological polar surface area (TPSA) is 69.6 Å². The Balaban J connectivity index is 2.14. The molecule has 0 saturated heterocycles. The summed E-state index contributed by atoms with van der Waals surface area (Å²) >= 11 is 0. The fourth-order valence-corrected chi connectivity index (χ4v) is 1.82. The van der Waals surface area contributed by atoms with Crippen molar-refractivity contribution in [2.75, 3.05) is 11.9 Å². The number of anilines is 1. The number of phenolic OH excluding ortho intramolecular Hbond substituents is 1. The van der Waals surface area contributed by atoms with Crippen molar-refractivity contribution in [3.05, 3.63) is 59.2 Å². The number of carbonyl (C=O) groups is 1. The molecular formula is C17H15NO3. The zero-order valence-corrected chi connectivity index (χ0v) is 11.6. The summed E-state index contributed by atoms with van der Waals surface area (Å²) in [5.41, 5.74) is 2.24. The third-order valence-corrected chi connectivity index (χ3v) is 2.94. The largest absolute Gasteiger partial charge is 0.507 e. The zero-order chi connectivity index (χ0) is 15.2. The first kappa shape index (κ1) is 14.6. The van der Waals surface area contributed by atoms with Crippen LogP contribution in [0.15, 0.2) is 42.5 Å². The highest BCUT2D eigenvalue weighted by Gasteiger charge is 2.12. The Kier molecular flexibility index (Phi) is 4.60. The standard InChI is InChI=1S/C17H15NO3/c1-12-4-2-6-15(16(12)20)17(21)18-14-9-7-13(8-10-14)5-3-11-19/h2,4,6-10,19-20H,11H2,1H3,(H,18,21). The molecule has 0 aromatic heterocycles. The van der Waals surface area contributed by atoms with Crippen LogP contribution in [-0.4, -0.2) is 22.7 Å². The highest BCUT2D eigenvalue weighted by Crippen LogP contribution is 2.22. The molecule has 0 spiro atoms. The second kappa shape index (κ2) is 6.60. The molecule has 2 aromatic rings. The van der Waals surface area contributed by atoms with E-state index < -0.39 is 0 Å². The van der Waals surface area contributed by atoms with Gasteiger partial charge in [-0.25, -0.2) is 0 Å². The van der Waals surface area contributed by atoms with Crippen molar-refractivity contribution >= 4 is 11.6 Å². The maximum atomic E-state index is 12.1. The van der Waals surface area contributed by atoms with E-state index in [0.717, 1.165) is 5.56 Å². The van der Waals surface area contributed by atoms with Crippen molar-refractivity contribution < 1.29 is 15.0 Å². The molecule has 4 nitrogen and oxygen atoms in total. The van der Waals surface area contributed by atoms with E-state index in [4.69, 9.17) is 5.11 Å².